The van der Waals surface area contributed by atoms with Gasteiger partial charge in [0.25, 0.3) is 0 Å². The highest BCUT2D eigenvalue weighted by Gasteiger charge is 2.57. The van der Waals surface area contributed by atoms with Crippen molar-refractivity contribution in [3.63, 3.8) is 0 Å². The molecule has 4 bridgehead atoms. The van der Waals surface area contributed by atoms with Crippen molar-refractivity contribution in [2.75, 3.05) is 7.05 Å². The smallest absolute Gasteiger partial charge is 0.223 e. The number of aliphatic hydroxyl groups is 1. The predicted octanol–water partition coefficient (Wildman–Crippen LogP) is 3.24. The van der Waals surface area contributed by atoms with E-state index in [1.807, 2.05) is 31.3 Å². The summed E-state index contributed by atoms with van der Waals surface area (Å²) in [5, 5.41) is 10.9. The molecule has 1 heterocycles. The van der Waals surface area contributed by atoms with E-state index in [0.29, 0.717) is 24.8 Å². The van der Waals surface area contributed by atoms with Crippen molar-refractivity contribution in [1.82, 2.24) is 14.9 Å². The first-order valence-electron chi connectivity index (χ1n) is 9.82. The van der Waals surface area contributed by atoms with E-state index in [2.05, 4.69) is 9.97 Å². The van der Waals surface area contributed by atoms with E-state index in [-0.39, 0.29) is 11.3 Å². The van der Waals surface area contributed by atoms with E-state index in [1.54, 1.807) is 4.90 Å². The highest BCUT2D eigenvalue weighted by Crippen LogP contribution is 2.62. The molecule has 0 radical (unpaired) electrons. The lowest BCUT2D eigenvalue weighted by Crippen LogP contribution is -2.56. The van der Waals surface area contributed by atoms with E-state index in [9.17, 15) is 9.90 Å². The molecule has 4 saturated carbocycles. The molecule has 5 nitrogen and oxygen atoms in total. The van der Waals surface area contributed by atoms with E-state index in [1.165, 1.54) is 6.42 Å². The number of H-pyrrole nitrogens is 1. The first kappa shape index (κ1) is 16.3. The average Bonchev–Trinajstić information content (AvgIpc) is 2.94. The highest BCUT2D eigenvalue weighted by atomic mass is 16.3. The Morgan fingerprint density at radius 2 is 2.00 bits per heavy atom. The van der Waals surface area contributed by atoms with Gasteiger partial charge < -0.3 is 15.0 Å². The molecule has 0 unspecified atom stereocenters. The topological polar surface area (TPSA) is 69.2 Å². The first-order chi connectivity index (χ1) is 12.4. The van der Waals surface area contributed by atoms with Crippen LogP contribution in [0.4, 0.5) is 0 Å². The lowest BCUT2D eigenvalue weighted by Gasteiger charge is -2.60. The molecule has 138 valence electrons. The number of carbonyl (C=O) groups excluding carboxylic acids is 1. The molecule has 1 aromatic carbocycles. The van der Waals surface area contributed by atoms with E-state index >= 15 is 0 Å². The Morgan fingerprint density at radius 3 is 2.69 bits per heavy atom. The second kappa shape index (κ2) is 5.56. The fourth-order valence-corrected chi connectivity index (χ4v) is 6.46. The van der Waals surface area contributed by atoms with Crippen molar-refractivity contribution < 1.29 is 9.90 Å². The number of nitrogens with one attached hydrogen (secondary N) is 1. The zero-order valence-corrected chi connectivity index (χ0v) is 15.4. The van der Waals surface area contributed by atoms with Crippen LogP contribution in [0, 0.1) is 17.3 Å². The Bertz CT molecular complexity index is 811. The van der Waals surface area contributed by atoms with Gasteiger partial charge in [0.15, 0.2) is 0 Å². The van der Waals surface area contributed by atoms with Crippen LogP contribution in [0.1, 0.15) is 50.8 Å². The van der Waals surface area contributed by atoms with Crippen molar-refractivity contribution in [2.45, 2.75) is 57.1 Å². The van der Waals surface area contributed by atoms with Crippen molar-refractivity contribution in [3.8, 4) is 0 Å². The van der Waals surface area contributed by atoms with Gasteiger partial charge in [-0.25, -0.2) is 4.98 Å². The third-order valence-electron chi connectivity index (χ3n) is 6.93. The molecular weight excluding hydrogens is 326 g/mol. The SMILES string of the molecule is CN(Cc1nc2ccccc2[nH]1)C(=O)CC12C[C@H]3C[C@@H](CC(O)(C3)C1)C2. The van der Waals surface area contributed by atoms with Crippen LogP contribution in [0.25, 0.3) is 11.0 Å². The molecule has 0 aliphatic heterocycles. The van der Waals surface area contributed by atoms with Crippen molar-refractivity contribution in [3.05, 3.63) is 30.1 Å². The summed E-state index contributed by atoms with van der Waals surface area (Å²) in [6, 6.07) is 7.94. The molecule has 4 aliphatic carbocycles. The minimum absolute atomic E-state index is 0.0258. The number of rotatable bonds is 4. The summed E-state index contributed by atoms with van der Waals surface area (Å²) in [6.07, 6.45) is 6.79. The summed E-state index contributed by atoms with van der Waals surface area (Å²) in [4.78, 5) is 22.6. The molecule has 0 saturated heterocycles. The number of hydrogen-bond acceptors (Lipinski definition) is 3. The van der Waals surface area contributed by atoms with Crippen LogP contribution in [0.3, 0.4) is 0 Å². The summed E-state index contributed by atoms with van der Waals surface area (Å²) in [5.74, 6) is 2.24. The maximum Gasteiger partial charge on any atom is 0.223 e. The maximum absolute atomic E-state index is 13.0. The molecule has 2 aromatic rings. The van der Waals surface area contributed by atoms with Crippen LogP contribution in [0.2, 0.25) is 0 Å². The van der Waals surface area contributed by atoms with Crippen LogP contribution in [0.15, 0.2) is 24.3 Å². The molecule has 2 atom stereocenters. The van der Waals surface area contributed by atoms with Gasteiger partial charge in [0, 0.05) is 13.5 Å². The van der Waals surface area contributed by atoms with Crippen LogP contribution >= 0.6 is 0 Å². The minimum Gasteiger partial charge on any atom is -0.390 e. The van der Waals surface area contributed by atoms with Crippen LogP contribution < -0.4 is 0 Å². The Morgan fingerprint density at radius 1 is 1.27 bits per heavy atom. The van der Waals surface area contributed by atoms with Gasteiger partial charge in [0.2, 0.25) is 5.91 Å². The lowest BCUT2D eigenvalue weighted by atomic mass is 9.47. The van der Waals surface area contributed by atoms with Gasteiger partial charge >= 0.3 is 0 Å². The van der Waals surface area contributed by atoms with E-state index in [0.717, 1.165) is 49.0 Å². The third kappa shape index (κ3) is 2.73. The van der Waals surface area contributed by atoms with Crippen LogP contribution in [-0.2, 0) is 11.3 Å². The number of carbonyl (C=O) groups is 1. The zero-order chi connectivity index (χ0) is 17.9. The number of nitrogens with zero attached hydrogens (tertiary/aromatic N) is 2. The number of imidazole rings is 1. The number of para-hydroxylation sites is 2. The highest BCUT2D eigenvalue weighted by molar-refractivity contribution is 5.77. The summed E-state index contributed by atoms with van der Waals surface area (Å²) >= 11 is 0. The molecule has 4 aliphatic rings. The van der Waals surface area contributed by atoms with E-state index in [4.69, 9.17) is 0 Å². The Hall–Kier alpha value is -1.88. The largest absolute Gasteiger partial charge is 0.390 e. The Balaban J connectivity index is 1.29. The zero-order valence-electron chi connectivity index (χ0n) is 15.4. The van der Waals surface area contributed by atoms with Gasteiger partial charge in [-0.15, -0.1) is 0 Å². The molecular formula is C21H27N3O2. The van der Waals surface area contributed by atoms with Crippen molar-refractivity contribution in [2.24, 2.45) is 17.3 Å². The number of hydrogen-bond donors (Lipinski definition) is 2. The maximum atomic E-state index is 13.0. The second-order valence-electron chi connectivity index (χ2n) is 9.31. The second-order valence-corrected chi connectivity index (χ2v) is 9.31. The molecule has 0 spiro atoms. The van der Waals surface area contributed by atoms with Gasteiger partial charge in [-0.2, -0.15) is 0 Å². The Kier molecular flexibility index (Phi) is 3.48. The standard InChI is InChI=1S/C21H27N3O2/c1-24(12-18-22-16-4-2-3-5-17(16)23-18)19(25)11-20-7-14-6-15(8-20)10-21(26,9-14)13-20/h2-5,14-15,26H,6-13H2,1H3,(H,22,23)/t14-,15-,20?,21?/m1/s1. The minimum atomic E-state index is -0.498. The fourth-order valence-electron chi connectivity index (χ4n) is 6.46. The Labute approximate surface area is 153 Å². The summed E-state index contributed by atoms with van der Waals surface area (Å²) < 4.78 is 0. The van der Waals surface area contributed by atoms with Gasteiger partial charge in [-0.1, -0.05) is 12.1 Å². The molecule has 1 amide bonds. The van der Waals surface area contributed by atoms with Crippen molar-refractivity contribution >= 4 is 16.9 Å². The van der Waals surface area contributed by atoms with Crippen LogP contribution in [-0.4, -0.2) is 38.5 Å². The van der Waals surface area contributed by atoms with Gasteiger partial charge in [0.1, 0.15) is 5.82 Å². The number of amides is 1. The number of benzene rings is 1. The normalized spacial score (nSPS) is 35.2. The number of aromatic amines is 1. The first-order valence-corrected chi connectivity index (χ1v) is 9.82. The van der Waals surface area contributed by atoms with Crippen LogP contribution in [0.5, 0.6) is 0 Å². The number of fused-ring (bicyclic) bond motifs is 1. The average molecular weight is 353 g/mol. The molecule has 5 heteroatoms. The summed E-state index contributed by atoms with van der Waals surface area (Å²) in [6.45, 7) is 0.501. The summed E-state index contributed by atoms with van der Waals surface area (Å²) in [5.41, 5.74) is 1.47. The molecule has 1 aromatic heterocycles. The molecule has 26 heavy (non-hydrogen) atoms. The predicted molar refractivity (Wildman–Crippen MR) is 99.2 cm³/mol. The quantitative estimate of drug-likeness (QED) is 0.886. The van der Waals surface area contributed by atoms with E-state index < -0.39 is 5.60 Å². The van der Waals surface area contributed by atoms with Crippen molar-refractivity contribution in [1.29, 1.82) is 0 Å². The van der Waals surface area contributed by atoms with Gasteiger partial charge in [0.05, 0.1) is 23.2 Å². The molecule has 6 rings (SSSR count). The third-order valence-corrected chi connectivity index (χ3v) is 6.93. The van der Waals surface area contributed by atoms with Gasteiger partial charge in [-0.05, 0) is 67.9 Å². The molecule has 2 N–H and O–H groups in total. The van der Waals surface area contributed by atoms with Gasteiger partial charge in [-0.3, -0.25) is 4.79 Å². The fraction of sp³-hybridized carbons (Fsp3) is 0.619. The number of aromatic nitrogens is 2. The molecule has 4 fully saturated rings. The summed E-state index contributed by atoms with van der Waals surface area (Å²) in [7, 11) is 1.87. The monoisotopic (exact) mass is 353 g/mol. The lowest BCUT2D eigenvalue weighted by molar-refractivity contribution is -0.171.